The molecule has 0 aromatic carbocycles. The van der Waals surface area contributed by atoms with Crippen molar-refractivity contribution in [2.75, 3.05) is 4.72 Å². The van der Waals surface area contributed by atoms with Gasteiger partial charge in [0.1, 0.15) is 4.90 Å². The van der Waals surface area contributed by atoms with Gasteiger partial charge in [-0.2, -0.15) is 10.2 Å². The van der Waals surface area contributed by atoms with Gasteiger partial charge in [-0.25, -0.2) is 8.42 Å². The molecule has 1 aliphatic rings. The molecule has 8 heteroatoms. The van der Waals surface area contributed by atoms with Crippen molar-refractivity contribution in [1.29, 1.82) is 0 Å². The number of rotatable bonds is 5. The number of aryl methyl sites for hydroxylation is 1. The van der Waals surface area contributed by atoms with Gasteiger partial charge in [-0.15, -0.1) is 0 Å². The van der Waals surface area contributed by atoms with Crippen molar-refractivity contribution in [3.63, 3.8) is 0 Å². The van der Waals surface area contributed by atoms with Crippen LogP contribution >= 0.6 is 0 Å². The van der Waals surface area contributed by atoms with Crippen LogP contribution in [0, 0.1) is 12.8 Å². The van der Waals surface area contributed by atoms with Gasteiger partial charge in [0.05, 0.1) is 23.8 Å². The largest absolute Gasteiger partial charge is 0.276 e. The van der Waals surface area contributed by atoms with E-state index in [1.54, 1.807) is 24.9 Å². The molecule has 0 aliphatic heterocycles. The first-order valence-electron chi connectivity index (χ1n) is 6.49. The second kappa shape index (κ2) is 4.62. The van der Waals surface area contributed by atoms with Gasteiger partial charge in [0.2, 0.25) is 0 Å². The monoisotopic (exact) mass is 295 g/mol. The highest BCUT2D eigenvalue weighted by atomic mass is 32.2. The van der Waals surface area contributed by atoms with Crippen molar-refractivity contribution in [3.05, 3.63) is 24.3 Å². The molecule has 0 atom stereocenters. The van der Waals surface area contributed by atoms with Crippen LogP contribution < -0.4 is 4.72 Å². The van der Waals surface area contributed by atoms with Crippen LogP contribution in [0.15, 0.2) is 23.5 Å². The average molecular weight is 295 g/mol. The highest BCUT2D eigenvalue weighted by Crippen LogP contribution is 2.30. The van der Waals surface area contributed by atoms with E-state index < -0.39 is 10.0 Å². The van der Waals surface area contributed by atoms with E-state index in [1.165, 1.54) is 29.9 Å². The molecule has 1 N–H and O–H groups in total. The minimum Gasteiger partial charge on any atom is -0.276 e. The molecule has 2 aromatic heterocycles. The third-order valence-electron chi connectivity index (χ3n) is 3.51. The molecule has 1 saturated carbocycles. The fourth-order valence-electron chi connectivity index (χ4n) is 2.03. The van der Waals surface area contributed by atoms with E-state index in [1.807, 2.05) is 0 Å². The topological polar surface area (TPSA) is 81.8 Å². The van der Waals surface area contributed by atoms with E-state index in [-0.39, 0.29) is 4.90 Å². The van der Waals surface area contributed by atoms with Gasteiger partial charge in [0.25, 0.3) is 10.0 Å². The zero-order valence-corrected chi connectivity index (χ0v) is 12.3. The van der Waals surface area contributed by atoms with Crippen LogP contribution in [-0.4, -0.2) is 28.0 Å². The average Bonchev–Trinajstić information content (AvgIpc) is 2.98. The number of sulfonamides is 1. The first kappa shape index (κ1) is 13.2. The summed E-state index contributed by atoms with van der Waals surface area (Å²) in [4.78, 5) is 0.190. The van der Waals surface area contributed by atoms with Crippen LogP contribution in [0.1, 0.15) is 18.5 Å². The molecule has 1 aliphatic carbocycles. The van der Waals surface area contributed by atoms with E-state index >= 15 is 0 Å². The van der Waals surface area contributed by atoms with Gasteiger partial charge in [0.15, 0.2) is 0 Å². The fraction of sp³-hybridized carbons (Fsp3) is 0.500. The maximum absolute atomic E-state index is 12.3. The van der Waals surface area contributed by atoms with Gasteiger partial charge < -0.3 is 0 Å². The summed E-state index contributed by atoms with van der Waals surface area (Å²) in [7, 11) is -1.90. The van der Waals surface area contributed by atoms with Crippen molar-refractivity contribution in [2.45, 2.75) is 31.2 Å². The molecule has 7 nitrogen and oxygen atoms in total. The molecule has 0 bridgehead atoms. The summed E-state index contributed by atoms with van der Waals surface area (Å²) in [5.74, 6) is 0.694. The number of hydrogen-bond acceptors (Lipinski definition) is 4. The van der Waals surface area contributed by atoms with Crippen LogP contribution in [0.4, 0.5) is 5.69 Å². The zero-order chi connectivity index (χ0) is 14.3. The Morgan fingerprint density at radius 3 is 2.70 bits per heavy atom. The SMILES string of the molecule is Cc1c(S(=O)(=O)Nc2cnn(CC3CC3)c2)cnn1C. The highest BCUT2D eigenvalue weighted by Gasteiger charge is 2.23. The third kappa shape index (κ3) is 2.55. The maximum Gasteiger partial charge on any atom is 0.265 e. The Hall–Kier alpha value is -1.83. The lowest BCUT2D eigenvalue weighted by molar-refractivity contribution is 0.563. The molecule has 0 amide bonds. The molecule has 0 spiro atoms. The predicted molar refractivity (Wildman–Crippen MR) is 73.7 cm³/mol. The number of nitrogens with zero attached hydrogens (tertiary/aromatic N) is 4. The Morgan fingerprint density at radius 2 is 2.10 bits per heavy atom. The smallest absolute Gasteiger partial charge is 0.265 e. The summed E-state index contributed by atoms with van der Waals surface area (Å²) in [6.07, 6.45) is 7.07. The quantitative estimate of drug-likeness (QED) is 0.896. The predicted octanol–water partition coefficient (Wildman–Crippen LogP) is 1.14. The van der Waals surface area contributed by atoms with Crippen LogP contribution in [0.2, 0.25) is 0 Å². The lowest BCUT2D eigenvalue weighted by Crippen LogP contribution is -2.13. The lowest BCUT2D eigenvalue weighted by Gasteiger charge is -2.05. The Bertz CT molecular complexity index is 727. The lowest BCUT2D eigenvalue weighted by atomic mass is 10.4. The number of aromatic nitrogens is 4. The van der Waals surface area contributed by atoms with Crippen LogP contribution in [0.5, 0.6) is 0 Å². The molecule has 20 heavy (non-hydrogen) atoms. The first-order chi connectivity index (χ1) is 9.45. The Balaban J connectivity index is 1.78. The van der Waals surface area contributed by atoms with E-state index in [9.17, 15) is 8.42 Å². The molecular formula is C12H17N5O2S. The van der Waals surface area contributed by atoms with Crippen molar-refractivity contribution in [1.82, 2.24) is 19.6 Å². The Labute approximate surface area is 117 Å². The molecule has 3 rings (SSSR count). The normalized spacial score (nSPS) is 15.5. The maximum atomic E-state index is 12.3. The van der Waals surface area contributed by atoms with Gasteiger partial charge >= 0.3 is 0 Å². The molecular weight excluding hydrogens is 278 g/mol. The Kier molecular flexibility index (Phi) is 3.04. The summed E-state index contributed by atoms with van der Waals surface area (Å²) in [5, 5.41) is 8.12. The third-order valence-corrected chi connectivity index (χ3v) is 4.99. The van der Waals surface area contributed by atoms with Crippen molar-refractivity contribution in [3.8, 4) is 0 Å². The molecule has 2 heterocycles. The Morgan fingerprint density at radius 1 is 1.35 bits per heavy atom. The van der Waals surface area contributed by atoms with Crippen molar-refractivity contribution < 1.29 is 8.42 Å². The highest BCUT2D eigenvalue weighted by molar-refractivity contribution is 7.92. The van der Waals surface area contributed by atoms with Crippen molar-refractivity contribution in [2.24, 2.45) is 13.0 Å². The molecule has 0 radical (unpaired) electrons. The number of anilines is 1. The van der Waals surface area contributed by atoms with Crippen LogP contribution in [0.3, 0.4) is 0 Å². The summed E-state index contributed by atoms with van der Waals surface area (Å²) in [5.41, 5.74) is 1.08. The van der Waals surface area contributed by atoms with Crippen molar-refractivity contribution >= 4 is 15.7 Å². The van der Waals surface area contributed by atoms with Gasteiger partial charge in [-0.05, 0) is 25.7 Å². The standard InChI is InChI=1S/C12H17N5O2S/c1-9-12(6-13-16(9)2)20(18,19)15-11-5-14-17(8-11)7-10-3-4-10/h5-6,8,10,15H,3-4,7H2,1-2H3. The molecule has 0 saturated heterocycles. The summed E-state index contributed by atoms with van der Waals surface area (Å²) < 4.78 is 30.4. The number of hydrogen-bond donors (Lipinski definition) is 1. The fourth-order valence-corrected chi connectivity index (χ4v) is 3.27. The summed E-state index contributed by atoms with van der Waals surface area (Å²) >= 11 is 0. The number of nitrogens with one attached hydrogen (secondary N) is 1. The van der Waals surface area contributed by atoms with Gasteiger partial charge in [-0.1, -0.05) is 0 Å². The molecule has 1 fully saturated rings. The van der Waals surface area contributed by atoms with E-state index in [2.05, 4.69) is 14.9 Å². The minimum absolute atomic E-state index is 0.190. The van der Waals surface area contributed by atoms with E-state index in [0.29, 0.717) is 17.3 Å². The molecule has 0 unspecified atom stereocenters. The van der Waals surface area contributed by atoms with E-state index in [4.69, 9.17) is 0 Å². The molecule has 108 valence electrons. The second-order valence-corrected chi connectivity index (χ2v) is 6.87. The second-order valence-electron chi connectivity index (χ2n) is 5.22. The summed E-state index contributed by atoms with van der Waals surface area (Å²) in [6, 6.07) is 0. The van der Waals surface area contributed by atoms with Crippen LogP contribution in [0.25, 0.3) is 0 Å². The van der Waals surface area contributed by atoms with E-state index in [0.717, 1.165) is 6.54 Å². The summed E-state index contributed by atoms with van der Waals surface area (Å²) in [6.45, 7) is 2.58. The molecule has 2 aromatic rings. The van der Waals surface area contributed by atoms with Crippen LogP contribution in [-0.2, 0) is 23.6 Å². The zero-order valence-electron chi connectivity index (χ0n) is 11.4. The van der Waals surface area contributed by atoms with Gasteiger partial charge in [-0.3, -0.25) is 14.1 Å². The first-order valence-corrected chi connectivity index (χ1v) is 7.98. The minimum atomic E-state index is -3.61. The van der Waals surface area contributed by atoms with Gasteiger partial charge in [0, 0.05) is 19.8 Å².